The first-order chi connectivity index (χ1) is 10.1. The molecule has 0 fully saturated rings. The molecule has 3 aromatic rings. The molecule has 0 amide bonds. The van der Waals surface area contributed by atoms with Crippen molar-refractivity contribution in [2.24, 2.45) is 0 Å². The van der Waals surface area contributed by atoms with Gasteiger partial charge in [0.1, 0.15) is 12.4 Å². The van der Waals surface area contributed by atoms with E-state index in [1.807, 2.05) is 6.07 Å². The molecule has 0 saturated heterocycles. The van der Waals surface area contributed by atoms with Crippen molar-refractivity contribution in [3.63, 3.8) is 0 Å². The molecule has 0 aliphatic rings. The highest BCUT2D eigenvalue weighted by atomic mass is 19.1. The largest absolute Gasteiger partial charge is 0.292 e. The predicted molar refractivity (Wildman–Crippen MR) is 76.7 cm³/mol. The van der Waals surface area contributed by atoms with Crippen LogP contribution in [0.1, 0.15) is 10.4 Å². The zero-order valence-corrected chi connectivity index (χ0v) is 11.0. The molecule has 0 bridgehead atoms. The topological polar surface area (TPSA) is 52.0 Å². The third kappa shape index (κ3) is 2.58. The lowest BCUT2D eigenvalue weighted by atomic mass is 10.1. The number of ketones is 1. The molecule has 3 rings (SSSR count). The summed E-state index contributed by atoms with van der Waals surface area (Å²) in [5, 5.41) is 5.24. The minimum absolute atomic E-state index is 0.171. The van der Waals surface area contributed by atoms with Gasteiger partial charge in [0.05, 0.1) is 11.6 Å². The van der Waals surface area contributed by atoms with Crippen molar-refractivity contribution < 1.29 is 9.18 Å². The van der Waals surface area contributed by atoms with Crippen molar-refractivity contribution in [2.75, 3.05) is 0 Å². The standard InChI is InChI=1S/C16H11FN2O2/c17-13-7-5-11(6-8-13)15(20)10-19-16(21)14-4-2-1-3-12(14)9-18-19/h1-9H,10H2. The SMILES string of the molecule is O=C(Cn1ncc2ccccc2c1=O)c1ccc(F)cc1. The molecule has 0 atom stereocenters. The summed E-state index contributed by atoms with van der Waals surface area (Å²) in [5.41, 5.74) is 0.0295. The molecule has 0 spiro atoms. The lowest BCUT2D eigenvalue weighted by Crippen LogP contribution is -2.26. The number of fused-ring (bicyclic) bond motifs is 1. The minimum Gasteiger partial charge on any atom is -0.292 e. The van der Waals surface area contributed by atoms with Crippen molar-refractivity contribution in [2.45, 2.75) is 6.54 Å². The Morgan fingerprint density at radius 1 is 1.10 bits per heavy atom. The maximum Gasteiger partial charge on any atom is 0.275 e. The van der Waals surface area contributed by atoms with Crippen LogP contribution in [0.3, 0.4) is 0 Å². The lowest BCUT2D eigenvalue weighted by molar-refractivity contribution is 0.0966. The monoisotopic (exact) mass is 282 g/mol. The average Bonchev–Trinajstić information content (AvgIpc) is 2.51. The fraction of sp³-hybridized carbons (Fsp3) is 0.0625. The number of hydrogen-bond donors (Lipinski definition) is 0. The van der Waals surface area contributed by atoms with E-state index in [0.717, 1.165) is 10.1 Å². The molecule has 0 aliphatic carbocycles. The van der Waals surface area contributed by atoms with Crippen molar-refractivity contribution in [3.8, 4) is 0 Å². The van der Waals surface area contributed by atoms with Gasteiger partial charge in [-0.05, 0) is 30.3 Å². The van der Waals surface area contributed by atoms with Gasteiger partial charge in [0.25, 0.3) is 5.56 Å². The number of rotatable bonds is 3. The van der Waals surface area contributed by atoms with Crippen LogP contribution >= 0.6 is 0 Å². The Morgan fingerprint density at radius 3 is 2.57 bits per heavy atom. The van der Waals surface area contributed by atoms with Gasteiger partial charge in [0, 0.05) is 10.9 Å². The van der Waals surface area contributed by atoms with Crippen LogP contribution in [0.2, 0.25) is 0 Å². The number of benzene rings is 2. The summed E-state index contributed by atoms with van der Waals surface area (Å²) < 4.78 is 14.0. The highest BCUT2D eigenvalue weighted by molar-refractivity contribution is 5.95. The first-order valence-electron chi connectivity index (χ1n) is 6.39. The highest BCUT2D eigenvalue weighted by Crippen LogP contribution is 2.08. The molecule has 1 heterocycles. The number of aromatic nitrogens is 2. The van der Waals surface area contributed by atoms with Crippen LogP contribution in [0.15, 0.2) is 59.5 Å². The number of carbonyl (C=O) groups excluding carboxylic acids is 1. The summed E-state index contributed by atoms with van der Waals surface area (Å²) >= 11 is 0. The second kappa shape index (κ2) is 5.28. The molecule has 4 nitrogen and oxygen atoms in total. The number of nitrogens with zero attached hydrogens (tertiary/aromatic N) is 2. The van der Waals surface area contributed by atoms with Gasteiger partial charge in [0.2, 0.25) is 0 Å². The lowest BCUT2D eigenvalue weighted by Gasteiger charge is -2.05. The van der Waals surface area contributed by atoms with Crippen LogP contribution in [0.25, 0.3) is 10.8 Å². The third-order valence-electron chi connectivity index (χ3n) is 3.22. The van der Waals surface area contributed by atoms with Crippen molar-refractivity contribution in [3.05, 3.63) is 76.5 Å². The maximum absolute atomic E-state index is 12.8. The average molecular weight is 282 g/mol. The Morgan fingerprint density at radius 2 is 1.81 bits per heavy atom. The van der Waals surface area contributed by atoms with E-state index in [4.69, 9.17) is 0 Å². The van der Waals surface area contributed by atoms with E-state index in [1.165, 1.54) is 24.3 Å². The summed E-state index contributed by atoms with van der Waals surface area (Å²) in [6.07, 6.45) is 1.55. The third-order valence-corrected chi connectivity index (χ3v) is 3.22. The Balaban J connectivity index is 1.95. The first kappa shape index (κ1) is 13.2. The Bertz CT molecular complexity index is 869. The Labute approximate surface area is 119 Å². The molecule has 0 radical (unpaired) electrons. The van der Waals surface area contributed by atoms with Gasteiger partial charge in [0.15, 0.2) is 5.78 Å². The Hall–Kier alpha value is -2.82. The molecule has 104 valence electrons. The van der Waals surface area contributed by atoms with Gasteiger partial charge < -0.3 is 0 Å². The van der Waals surface area contributed by atoms with Crippen LogP contribution in [0.4, 0.5) is 4.39 Å². The normalized spacial score (nSPS) is 10.7. The van der Waals surface area contributed by atoms with Crippen LogP contribution in [-0.2, 0) is 6.54 Å². The Kier molecular flexibility index (Phi) is 3.31. The van der Waals surface area contributed by atoms with Crippen LogP contribution in [0.5, 0.6) is 0 Å². The molecular formula is C16H11FN2O2. The van der Waals surface area contributed by atoms with Gasteiger partial charge in [-0.15, -0.1) is 0 Å². The zero-order chi connectivity index (χ0) is 14.8. The van der Waals surface area contributed by atoms with E-state index >= 15 is 0 Å². The number of hydrogen-bond acceptors (Lipinski definition) is 3. The van der Waals surface area contributed by atoms with Gasteiger partial charge in [-0.1, -0.05) is 18.2 Å². The second-order valence-corrected chi connectivity index (χ2v) is 4.62. The summed E-state index contributed by atoms with van der Waals surface area (Å²) in [7, 11) is 0. The van der Waals surface area contributed by atoms with Crippen molar-refractivity contribution in [1.82, 2.24) is 9.78 Å². The molecule has 2 aromatic carbocycles. The zero-order valence-electron chi connectivity index (χ0n) is 11.0. The summed E-state index contributed by atoms with van der Waals surface area (Å²) in [6.45, 7) is -0.171. The van der Waals surface area contributed by atoms with Crippen LogP contribution < -0.4 is 5.56 Å². The van der Waals surface area contributed by atoms with Crippen LogP contribution in [0, 0.1) is 5.82 Å². The van der Waals surface area contributed by atoms with Crippen LogP contribution in [-0.4, -0.2) is 15.6 Å². The van der Waals surface area contributed by atoms with Gasteiger partial charge >= 0.3 is 0 Å². The van der Waals surface area contributed by atoms with Crippen molar-refractivity contribution in [1.29, 1.82) is 0 Å². The summed E-state index contributed by atoms with van der Waals surface area (Å²) in [4.78, 5) is 24.3. The molecular weight excluding hydrogens is 271 g/mol. The van der Waals surface area contributed by atoms with Gasteiger partial charge in [-0.2, -0.15) is 5.10 Å². The molecule has 0 saturated carbocycles. The molecule has 21 heavy (non-hydrogen) atoms. The van der Waals surface area contributed by atoms with E-state index in [1.54, 1.807) is 24.4 Å². The first-order valence-corrected chi connectivity index (χ1v) is 6.39. The van der Waals surface area contributed by atoms with E-state index in [9.17, 15) is 14.0 Å². The van der Waals surface area contributed by atoms with E-state index < -0.39 is 5.82 Å². The van der Waals surface area contributed by atoms with Crippen molar-refractivity contribution >= 4 is 16.6 Å². The van der Waals surface area contributed by atoms with E-state index in [-0.39, 0.29) is 17.9 Å². The second-order valence-electron chi connectivity index (χ2n) is 4.62. The van der Waals surface area contributed by atoms with Gasteiger partial charge in [-0.3, -0.25) is 9.59 Å². The number of halogens is 1. The van der Waals surface area contributed by atoms with Gasteiger partial charge in [-0.25, -0.2) is 9.07 Å². The summed E-state index contributed by atoms with van der Waals surface area (Å²) in [6, 6.07) is 12.3. The quantitative estimate of drug-likeness (QED) is 0.693. The van der Waals surface area contributed by atoms with E-state index in [0.29, 0.717) is 10.9 Å². The number of carbonyl (C=O) groups is 1. The number of Topliss-reactive ketones (excluding diaryl/α,β-unsaturated/α-hetero) is 1. The smallest absolute Gasteiger partial charge is 0.275 e. The predicted octanol–water partition coefficient (Wildman–Crippen LogP) is 2.42. The molecule has 5 heteroatoms. The minimum atomic E-state index is -0.410. The molecule has 0 N–H and O–H groups in total. The molecule has 0 unspecified atom stereocenters. The maximum atomic E-state index is 12.8. The molecule has 1 aromatic heterocycles. The highest BCUT2D eigenvalue weighted by Gasteiger charge is 2.10. The van der Waals surface area contributed by atoms with E-state index in [2.05, 4.69) is 5.10 Å². The fourth-order valence-corrected chi connectivity index (χ4v) is 2.10. The molecule has 0 aliphatic heterocycles. The fourth-order valence-electron chi connectivity index (χ4n) is 2.10. The summed E-state index contributed by atoms with van der Waals surface area (Å²) in [5.74, 6) is -0.701.